The Morgan fingerprint density at radius 3 is 1.45 bits per heavy atom. The molecule has 1 fully saturated rings. The van der Waals surface area contributed by atoms with Gasteiger partial charge in [-0.1, -0.05) is 0 Å². The normalized spacial score (nSPS) is 44.7. The van der Waals surface area contributed by atoms with Crippen LogP contribution < -0.4 is 5.32 Å². The summed E-state index contributed by atoms with van der Waals surface area (Å²) in [4.78, 5) is 0. The van der Waals surface area contributed by atoms with Gasteiger partial charge in [-0.3, -0.25) is 0 Å². The van der Waals surface area contributed by atoms with Gasteiger partial charge in [0, 0.05) is 0 Å². The molecule has 4 atom stereocenters. The summed E-state index contributed by atoms with van der Waals surface area (Å²) in [6, 6.07) is -1.05. The van der Waals surface area contributed by atoms with E-state index in [9.17, 15) is 10.2 Å². The Balaban J connectivity index is 2.53. The van der Waals surface area contributed by atoms with Crippen LogP contribution in [0.3, 0.4) is 0 Å². The third kappa shape index (κ3) is 1.52. The van der Waals surface area contributed by atoms with Crippen molar-refractivity contribution in [3.8, 4) is 0 Å². The van der Waals surface area contributed by atoms with Gasteiger partial charge < -0.3 is 25.7 Å². The molecule has 1 rings (SSSR count). The van der Waals surface area contributed by atoms with E-state index < -0.39 is 24.3 Å². The zero-order valence-corrected chi connectivity index (χ0v) is 6.01. The Morgan fingerprint density at radius 1 is 0.909 bits per heavy atom. The highest BCUT2D eigenvalue weighted by atomic mass is 16.3. The molecular weight excluding hydrogens is 150 g/mol. The average molecular weight is 163 g/mol. The van der Waals surface area contributed by atoms with Crippen molar-refractivity contribution in [1.29, 1.82) is 0 Å². The number of hydrogen-bond donors (Lipinski definition) is 5. The van der Waals surface area contributed by atoms with Gasteiger partial charge in [0.15, 0.2) is 0 Å². The first-order chi connectivity index (χ1) is 5.20. The molecule has 0 amide bonds. The van der Waals surface area contributed by atoms with Crippen LogP contribution >= 0.6 is 0 Å². The fourth-order valence-electron chi connectivity index (χ4n) is 1.27. The maximum absolute atomic E-state index is 9.18. The van der Waals surface area contributed by atoms with E-state index in [-0.39, 0.29) is 13.2 Å². The SMILES string of the molecule is OCC1NC(CO)[C@@H](O)C1O. The second kappa shape index (κ2) is 3.46. The summed E-state index contributed by atoms with van der Waals surface area (Å²) in [5.41, 5.74) is 0. The molecule has 0 spiro atoms. The molecule has 1 saturated heterocycles. The molecule has 1 aliphatic heterocycles. The first kappa shape index (κ1) is 8.89. The maximum atomic E-state index is 9.18. The Labute approximate surface area is 64.3 Å². The smallest absolute Gasteiger partial charge is 0.0990 e. The molecule has 5 heteroatoms. The van der Waals surface area contributed by atoms with E-state index in [4.69, 9.17) is 10.2 Å². The van der Waals surface area contributed by atoms with E-state index in [0.717, 1.165) is 0 Å². The van der Waals surface area contributed by atoms with Crippen LogP contribution in [0.15, 0.2) is 0 Å². The van der Waals surface area contributed by atoms with E-state index >= 15 is 0 Å². The minimum Gasteiger partial charge on any atom is -0.395 e. The first-order valence-electron chi connectivity index (χ1n) is 3.54. The number of aliphatic hydroxyl groups excluding tert-OH is 4. The zero-order valence-electron chi connectivity index (χ0n) is 6.01. The van der Waals surface area contributed by atoms with Crippen LogP contribution in [-0.4, -0.2) is 57.9 Å². The van der Waals surface area contributed by atoms with Crippen LogP contribution in [0.25, 0.3) is 0 Å². The Kier molecular flexibility index (Phi) is 2.80. The minimum absolute atomic E-state index is 0.241. The number of hydrogen-bond acceptors (Lipinski definition) is 5. The molecule has 11 heavy (non-hydrogen) atoms. The summed E-state index contributed by atoms with van der Waals surface area (Å²) in [6.45, 7) is -0.483. The summed E-state index contributed by atoms with van der Waals surface area (Å²) in [5, 5.41) is 38.3. The lowest BCUT2D eigenvalue weighted by Crippen LogP contribution is -2.37. The molecule has 0 radical (unpaired) electrons. The molecule has 0 aromatic rings. The fourth-order valence-corrected chi connectivity index (χ4v) is 1.27. The van der Waals surface area contributed by atoms with Gasteiger partial charge in [-0.05, 0) is 0 Å². The molecule has 0 aromatic carbocycles. The predicted molar refractivity (Wildman–Crippen MR) is 36.9 cm³/mol. The summed E-state index contributed by atoms with van der Waals surface area (Å²) in [5.74, 6) is 0. The fraction of sp³-hybridized carbons (Fsp3) is 1.00. The summed E-state index contributed by atoms with van der Waals surface area (Å²) >= 11 is 0. The number of rotatable bonds is 2. The highest BCUT2D eigenvalue weighted by Gasteiger charge is 2.39. The van der Waals surface area contributed by atoms with Crippen LogP contribution in [0.5, 0.6) is 0 Å². The molecule has 0 aromatic heterocycles. The minimum atomic E-state index is -0.989. The van der Waals surface area contributed by atoms with E-state index in [0.29, 0.717) is 0 Å². The Hall–Kier alpha value is -0.200. The van der Waals surface area contributed by atoms with Gasteiger partial charge in [0.2, 0.25) is 0 Å². The Bertz CT molecular complexity index is 114. The molecular formula is C6H13NO4. The van der Waals surface area contributed by atoms with Crippen LogP contribution in [0.1, 0.15) is 0 Å². The average Bonchev–Trinajstić information content (AvgIpc) is 2.30. The summed E-state index contributed by atoms with van der Waals surface area (Å²) < 4.78 is 0. The third-order valence-corrected chi connectivity index (χ3v) is 2.00. The van der Waals surface area contributed by atoms with E-state index in [2.05, 4.69) is 5.32 Å². The van der Waals surface area contributed by atoms with Crippen molar-refractivity contribution in [3.05, 3.63) is 0 Å². The second-order valence-corrected chi connectivity index (χ2v) is 2.73. The zero-order chi connectivity index (χ0) is 8.43. The molecule has 0 aliphatic carbocycles. The van der Waals surface area contributed by atoms with Gasteiger partial charge in [0.1, 0.15) is 0 Å². The van der Waals surface area contributed by atoms with Crippen molar-refractivity contribution in [2.45, 2.75) is 24.3 Å². The monoisotopic (exact) mass is 163 g/mol. The molecule has 1 aliphatic rings. The van der Waals surface area contributed by atoms with Crippen LogP contribution in [0, 0.1) is 0 Å². The maximum Gasteiger partial charge on any atom is 0.0990 e. The van der Waals surface area contributed by atoms with E-state index in [1.54, 1.807) is 0 Å². The lowest BCUT2D eigenvalue weighted by molar-refractivity contribution is 0.0130. The molecule has 0 bridgehead atoms. The van der Waals surface area contributed by atoms with Gasteiger partial charge in [0.05, 0.1) is 37.5 Å². The number of aliphatic hydroxyl groups is 4. The van der Waals surface area contributed by atoms with Crippen LogP contribution in [0.2, 0.25) is 0 Å². The summed E-state index contributed by atoms with van der Waals surface area (Å²) in [6.07, 6.45) is -1.98. The van der Waals surface area contributed by atoms with Gasteiger partial charge in [-0.15, -0.1) is 0 Å². The molecule has 5 nitrogen and oxygen atoms in total. The first-order valence-corrected chi connectivity index (χ1v) is 3.54. The highest BCUT2D eigenvalue weighted by Crippen LogP contribution is 2.13. The van der Waals surface area contributed by atoms with E-state index in [1.165, 1.54) is 0 Å². The van der Waals surface area contributed by atoms with Gasteiger partial charge in [-0.25, -0.2) is 0 Å². The molecule has 5 N–H and O–H groups in total. The molecule has 1 heterocycles. The molecule has 66 valence electrons. The van der Waals surface area contributed by atoms with E-state index in [1.807, 2.05) is 0 Å². The predicted octanol–water partition coefficient (Wildman–Crippen LogP) is -2.97. The lowest BCUT2D eigenvalue weighted by Gasteiger charge is -2.12. The van der Waals surface area contributed by atoms with Crippen molar-refractivity contribution < 1.29 is 20.4 Å². The van der Waals surface area contributed by atoms with Crippen LogP contribution in [0.4, 0.5) is 0 Å². The third-order valence-electron chi connectivity index (χ3n) is 2.00. The summed E-state index contributed by atoms with van der Waals surface area (Å²) in [7, 11) is 0. The number of nitrogens with one attached hydrogen (secondary N) is 1. The van der Waals surface area contributed by atoms with Crippen molar-refractivity contribution in [3.63, 3.8) is 0 Å². The second-order valence-electron chi connectivity index (χ2n) is 2.73. The van der Waals surface area contributed by atoms with Crippen molar-refractivity contribution in [2.75, 3.05) is 13.2 Å². The quantitative estimate of drug-likeness (QED) is 0.300. The topological polar surface area (TPSA) is 93.0 Å². The Morgan fingerprint density at radius 2 is 1.27 bits per heavy atom. The lowest BCUT2D eigenvalue weighted by atomic mass is 10.1. The van der Waals surface area contributed by atoms with Gasteiger partial charge in [-0.2, -0.15) is 0 Å². The largest absolute Gasteiger partial charge is 0.395 e. The molecule has 3 unspecified atom stereocenters. The van der Waals surface area contributed by atoms with Gasteiger partial charge >= 0.3 is 0 Å². The highest BCUT2D eigenvalue weighted by molar-refractivity contribution is 4.97. The van der Waals surface area contributed by atoms with Crippen LogP contribution in [-0.2, 0) is 0 Å². The van der Waals surface area contributed by atoms with Crippen molar-refractivity contribution in [2.24, 2.45) is 0 Å². The van der Waals surface area contributed by atoms with Gasteiger partial charge in [0.25, 0.3) is 0 Å². The molecule has 0 saturated carbocycles. The standard InChI is InChI=1S/C6H13NO4/c8-1-3-5(10)6(11)4(2-9)7-3/h3-11H,1-2H2/t3?,4?,5-,6?/m1/s1. The van der Waals surface area contributed by atoms with Crippen molar-refractivity contribution >= 4 is 0 Å². The van der Waals surface area contributed by atoms with Crippen molar-refractivity contribution in [1.82, 2.24) is 5.32 Å².